The third kappa shape index (κ3) is 6.42. The summed E-state index contributed by atoms with van der Waals surface area (Å²) in [5.41, 5.74) is 8.81. The molecule has 340 valence electrons. The number of benzene rings is 4. The van der Waals surface area contributed by atoms with Gasteiger partial charge in [-0.3, -0.25) is 4.90 Å². The maximum Gasteiger partial charge on any atom is 0.145 e. The Labute approximate surface area is 387 Å². The van der Waals surface area contributed by atoms with E-state index in [-0.39, 0.29) is 6.10 Å². The predicted molar refractivity (Wildman–Crippen MR) is 267 cm³/mol. The van der Waals surface area contributed by atoms with Crippen LogP contribution >= 0.6 is 0 Å². The Morgan fingerprint density at radius 1 is 0.477 bits per heavy atom. The van der Waals surface area contributed by atoms with Crippen LogP contribution in [0.4, 0.5) is 5.69 Å². The van der Waals surface area contributed by atoms with Crippen LogP contribution in [0.5, 0.6) is 0 Å². The molecular weight excluding hydrogens is 795 g/mol. The molecule has 0 bridgehead atoms. The van der Waals surface area contributed by atoms with E-state index < -0.39 is 0 Å². The number of anilines is 1. The first-order valence-corrected chi connectivity index (χ1v) is 27.4. The molecule has 4 heterocycles. The second-order valence-electron chi connectivity index (χ2n) is 23.3. The quantitative estimate of drug-likeness (QED) is 0.187. The number of rotatable bonds is 5. The summed E-state index contributed by atoms with van der Waals surface area (Å²) < 4.78 is 9.57. The van der Waals surface area contributed by atoms with Crippen molar-refractivity contribution in [3.63, 3.8) is 0 Å². The molecule has 0 amide bonds. The Morgan fingerprint density at radius 2 is 1.22 bits per heavy atom. The van der Waals surface area contributed by atoms with Crippen LogP contribution < -0.4 is 4.90 Å². The molecule has 2 saturated heterocycles. The minimum atomic E-state index is -0.0595. The van der Waals surface area contributed by atoms with Crippen LogP contribution in [-0.4, -0.2) is 50.9 Å². The van der Waals surface area contributed by atoms with Crippen LogP contribution in [0.1, 0.15) is 159 Å². The smallest absolute Gasteiger partial charge is 0.145 e. The maximum absolute atomic E-state index is 11.2. The normalized spacial score (nSPS) is 35.7. The monoisotopic (exact) mass is 868 g/mol. The number of hydrogen-bond donors (Lipinski definition) is 1. The van der Waals surface area contributed by atoms with Gasteiger partial charge in [-0.15, -0.1) is 0 Å². The Bertz CT molecular complexity index is 2700. The number of aromatic nitrogens is 1. The first-order valence-electron chi connectivity index (χ1n) is 27.4. The van der Waals surface area contributed by atoms with Gasteiger partial charge in [0.05, 0.1) is 22.5 Å². The minimum Gasteiger partial charge on any atom is -0.455 e. The average Bonchev–Trinajstić information content (AvgIpc) is 4.10. The van der Waals surface area contributed by atoms with Crippen LogP contribution in [0.3, 0.4) is 0 Å². The van der Waals surface area contributed by atoms with Crippen LogP contribution in [-0.2, 0) is 0 Å². The summed E-state index contributed by atoms with van der Waals surface area (Å²) in [6.07, 6.45) is 31.1. The molecule has 1 N–H and O–H groups in total. The lowest BCUT2D eigenvalue weighted by Gasteiger charge is -2.46. The number of hydrogen-bond acceptors (Lipinski definition) is 4. The van der Waals surface area contributed by atoms with Crippen molar-refractivity contribution in [1.82, 2.24) is 9.47 Å². The van der Waals surface area contributed by atoms with Gasteiger partial charge in [0.2, 0.25) is 0 Å². The Hall–Kier alpha value is -3.80. The van der Waals surface area contributed by atoms with E-state index in [4.69, 9.17) is 4.42 Å². The van der Waals surface area contributed by atoms with Crippen molar-refractivity contribution in [2.75, 3.05) is 4.90 Å². The summed E-state index contributed by atoms with van der Waals surface area (Å²) in [5.74, 6) is 5.26. The van der Waals surface area contributed by atoms with Gasteiger partial charge in [0, 0.05) is 57.7 Å². The van der Waals surface area contributed by atoms with Gasteiger partial charge < -0.3 is 19.0 Å². The molecule has 6 aromatic rings. The van der Waals surface area contributed by atoms with E-state index in [0.29, 0.717) is 23.9 Å². The predicted octanol–water partition coefficient (Wildman–Crippen LogP) is 14.9. The van der Waals surface area contributed by atoms with Crippen molar-refractivity contribution in [2.45, 2.75) is 190 Å². The largest absolute Gasteiger partial charge is 0.455 e. The number of aliphatic hydroxyl groups is 1. The summed E-state index contributed by atoms with van der Waals surface area (Å²) in [5, 5.41) is 16.3. The van der Waals surface area contributed by atoms with Crippen molar-refractivity contribution in [3.05, 3.63) is 84.4 Å². The molecule has 12 unspecified atom stereocenters. The Balaban J connectivity index is 0.795. The van der Waals surface area contributed by atoms with E-state index in [1.165, 1.54) is 191 Å². The molecule has 8 fully saturated rings. The lowest BCUT2D eigenvalue weighted by atomic mass is 9.64. The molecule has 6 aliphatic carbocycles. The van der Waals surface area contributed by atoms with Crippen LogP contribution in [0.2, 0.25) is 0 Å². The van der Waals surface area contributed by atoms with Gasteiger partial charge in [0.1, 0.15) is 11.2 Å². The molecule has 6 saturated carbocycles. The zero-order valence-electron chi connectivity index (χ0n) is 39.0. The van der Waals surface area contributed by atoms with Gasteiger partial charge in [-0.2, -0.15) is 0 Å². The molecule has 14 rings (SSSR count). The van der Waals surface area contributed by atoms with Crippen molar-refractivity contribution >= 4 is 49.4 Å². The molecule has 4 aromatic carbocycles. The van der Waals surface area contributed by atoms with E-state index >= 15 is 0 Å². The molecule has 2 aliphatic heterocycles. The van der Waals surface area contributed by atoms with Crippen LogP contribution in [0.15, 0.2) is 83.3 Å². The van der Waals surface area contributed by atoms with Crippen LogP contribution in [0.25, 0.3) is 49.4 Å². The van der Waals surface area contributed by atoms with E-state index in [2.05, 4.69) is 93.2 Å². The number of aliphatic hydroxyl groups excluding tert-OH is 1. The molecule has 2 aromatic heterocycles. The summed E-state index contributed by atoms with van der Waals surface area (Å²) in [6, 6.07) is 34.5. The molecular formula is C60H73N3O2. The average molecular weight is 868 g/mol. The fraction of sp³-hybridized carbons (Fsp3) is 0.600. The maximum atomic E-state index is 11.2. The van der Waals surface area contributed by atoms with E-state index in [0.717, 1.165) is 65.3 Å². The summed E-state index contributed by atoms with van der Waals surface area (Å²) in [7, 11) is 0. The molecule has 5 nitrogen and oxygen atoms in total. The molecule has 0 spiro atoms. The van der Waals surface area contributed by atoms with Crippen molar-refractivity contribution in [2.24, 2.45) is 35.5 Å². The SMILES string of the molecule is OC1CCCCC1C1CCC2C3CC(c4ccc5oc6c(ccc7c6c6ccccc6n7-c6cccc(N7C8CCCCC8C8CCCCC87)c6)c5c4)CCC3N(C3CCCCC3)C2C1. The zero-order valence-corrected chi connectivity index (χ0v) is 39.0. The first kappa shape index (κ1) is 40.3. The Morgan fingerprint density at radius 3 is 2.05 bits per heavy atom. The van der Waals surface area contributed by atoms with Crippen LogP contribution in [0, 0.1) is 35.5 Å². The lowest BCUT2D eigenvalue weighted by Crippen LogP contribution is -2.49. The van der Waals surface area contributed by atoms with Crippen molar-refractivity contribution in [1.29, 1.82) is 0 Å². The molecule has 65 heavy (non-hydrogen) atoms. The Kier molecular flexibility index (Phi) is 10.0. The molecule has 12 atom stereocenters. The number of nitrogens with zero attached hydrogens (tertiary/aromatic N) is 3. The lowest BCUT2D eigenvalue weighted by molar-refractivity contribution is -0.00390. The number of para-hydroxylation sites is 1. The topological polar surface area (TPSA) is 44.8 Å². The van der Waals surface area contributed by atoms with Crippen molar-refractivity contribution < 1.29 is 9.52 Å². The van der Waals surface area contributed by atoms with Gasteiger partial charge in [-0.1, -0.05) is 88.1 Å². The van der Waals surface area contributed by atoms with Gasteiger partial charge in [0.15, 0.2) is 0 Å². The number of likely N-dealkylation sites (tertiary alicyclic amines) is 1. The van der Waals surface area contributed by atoms with Gasteiger partial charge >= 0.3 is 0 Å². The molecule has 0 radical (unpaired) electrons. The van der Waals surface area contributed by atoms with E-state index in [1.54, 1.807) is 0 Å². The van der Waals surface area contributed by atoms with Gasteiger partial charge in [0.25, 0.3) is 0 Å². The molecule has 8 aliphatic rings. The highest BCUT2D eigenvalue weighted by atomic mass is 16.3. The van der Waals surface area contributed by atoms with Crippen molar-refractivity contribution in [3.8, 4) is 5.69 Å². The third-order valence-electron chi connectivity index (χ3n) is 20.5. The second-order valence-corrected chi connectivity index (χ2v) is 23.3. The number of fused-ring (bicyclic) bond motifs is 13. The van der Waals surface area contributed by atoms with E-state index in [9.17, 15) is 5.11 Å². The highest BCUT2D eigenvalue weighted by Crippen LogP contribution is 2.57. The standard InChI is InChI=1S/C60H73N3O2/c64-57-24-11-7-17-43(57)39-25-28-46-49-33-37(26-30-54(49)61(56(46)35-39)40-13-2-1-3-14-40)38-27-32-58-50(34-38)47-29-31-55-59(60(47)65-58)48-20-6-10-23-53(48)63(55)42-16-12-15-41(36-42)62-51-21-8-4-18-44(51)45-19-5-9-22-52(45)62/h6,10,12,15-16,20,23,27,29,31-32,34,36-37,39-40,43-46,49,51-52,54,56-57,64H,1-5,7-9,11,13-14,17-19,21-22,24-26,28,30,33,35H2. The number of furan rings is 1. The first-order chi connectivity index (χ1) is 32.2. The summed E-state index contributed by atoms with van der Waals surface area (Å²) in [4.78, 5) is 6.11. The third-order valence-corrected chi connectivity index (χ3v) is 20.5. The minimum absolute atomic E-state index is 0.0595. The van der Waals surface area contributed by atoms with E-state index in [1.807, 2.05) is 0 Å². The zero-order chi connectivity index (χ0) is 42.8. The summed E-state index contributed by atoms with van der Waals surface area (Å²) in [6.45, 7) is 0. The summed E-state index contributed by atoms with van der Waals surface area (Å²) >= 11 is 0. The fourth-order valence-electron chi connectivity index (χ4n) is 17.8. The molecule has 5 heteroatoms. The second kappa shape index (κ2) is 16.2. The van der Waals surface area contributed by atoms with Gasteiger partial charge in [-0.05, 0) is 185 Å². The highest BCUT2D eigenvalue weighted by molar-refractivity contribution is 6.23. The van der Waals surface area contributed by atoms with Gasteiger partial charge in [-0.25, -0.2) is 0 Å². The fourth-order valence-corrected chi connectivity index (χ4v) is 17.8. The highest BCUT2D eigenvalue weighted by Gasteiger charge is 2.55.